The number of carbonyl (C=O) groups is 3. The van der Waals surface area contributed by atoms with Gasteiger partial charge in [-0.25, -0.2) is 4.79 Å². The second kappa shape index (κ2) is 10.8. The molecule has 3 heterocycles. The van der Waals surface area contributed by atoms with Gasteiger partial charge in [0.05, 0.1) is 28.7 Å². The number of anilines is 1. The lowest BCUT2D eigenvalue weighted by molar-refractivity contribution is 0.0696. The predicted octanol–water partition coefficient (Wildman–Crippen LogP) is 5.31. The molecular weight excluding hydrogens is 528 g/mol. The quantitative estimate of drug-likeness (QED) is 0.284. The van der Waals surface area contributed by atoms with Crippen LogP contribution in [-0.2, 0) is 13.1 Å². The molecular formula is C27H25ClN4O5S. The van der Waals surface area contributed by atoms with Crippen LogP contribution in [0.4, 0.5) is 5.82 Å². The van der Waals surface area contributed by atoms with Gasteiger partial charge in [0, 0.05) is 39.7 Å². The molecule has 0 atom stereocenters. The van der Waals surface area contributed by atoms with Gasteiger partial charge in [0.15, 0.2) is 5.78 Å². The highest BCUT2D eigenvalue weighted by Gasteiger charge is 2.28. The van der Waals surface area contributed by atoms with Gasteiger partial charge in [0.1, 0.15) is 5.82 Å². The van der Waals surface area contributed by atoms with Gasteiger partial charge in [0.25, 0.3) is 11.5 Å². The lowest BCUT2D eigenvalue weighted by Gasteiger charge is -2.18. The number of thiophene rings is 1. The fourth-order valence-corrected chi connectivity index (χ4v) is 4.71. The third-order valence-electron chi connectivity index (χ3n) is 5.66. The molecule has 1 aromatic carbocycles. The van der Waals surface area contributed by atoms with Crippen LogP contribution < -0.4 is 10.9 Å². The van der Waals surface area contributed by atoms with Crippen molar-refractivity contribution < 1.29 is 19.5 Å². The molecule has 38 heavy (non-hydrogen) atoms. The molecule has 3 aromatic heterocycles. The fraction of sp³-hybridized carbons (Fsp3) is 0.222. The Morgan fingerprint density at radius 3 is 2.39 bits per heavy atom. The number of rotatable bonds is 8. The number of Topliss-reactive ketones (excluding diaryl/α,β-unsaturated/α-hetero) is 1. The summed E-state index contributed by atoms with van der Waals surface area (Å²) in [4.78, 5) is 51.7. The van der Waals surface area contributed by atoms with E-state index in [0.29, 0.717) is 22.3 Å². The molecule has 4 rings (SSSR count). The molecule has 0 saturated heterocycles. The smallest absolute Gasteiger partial charge is 0.336 e. The van der Waals surface area contributed by atoms with E-state index in [4.69, 9.17) is 11.6 Å². The second-order valence-electron chi connectivity index (χ2n) is 9.60. The molecule has 11 heteroatoms. The third kappa shape index (κ3) is 5.92. The van der Waals surface area contributed by atoms with Crippen molar-refractivity contribution in [3.63, 3.8) is 0 Å². The second-order valence-corrected chi connectivity index (χ2v) is 11.4. The van der Waals surface area contributed by atoms with Gasteiger partial charge in [-0.05, 0) is 12.1 Å². The lowest BCUT2D eigenvalue weighted by atomic mass is 9.96. The fourth-order valence-electron chi connectivity index (χ4n) is 3.68. The molecule has 0 aliphatic heterocycles. The number of nitrogens with zero attached hydrogens (tertiary/aromatic N) is 3. The van der Waals surface area contributed by atoms with Crippen LogP contribution in [-0.4, -0.2) is 37.1 Å². The third-order valence-corrected chi connectivity index (χ3v) is 6.89. The highest BCUT2D eigenvalue weighted by molar-refractivity contribution is 7.16. The zero-order valence-corrected chi connectivity index (χ0v) is 22.5. The van der Waals surface area contributed by atoms with E-state index < -0.39 is 16.9 Å². The van der Waals surface area contributed by atoms with Crippen LogP contribution in [0.15, 0.2) is 65.6 Å². The van der Waals surface area contributed by atoms with Crippen molar-refractivity contribution in [3.05, 3.63) is 91.5 Å². The van der Waals surface area contributed by atoms with Gasteiger partial charge in [-0.3, -0.25) is 14.4 Å². The van der Waals surface area contributed by atoms with Crippen LogP contribution in [0.3, 0.4) is 0 Å². The van der Waals surface area contributed by atoms with Crippen LogP contribution in [0, 0.1) is 5.41 Å². The Hall–Kier alpha value is -4.02. The highest BCUT2D eigenvalue weighted by atomic mass is 35.5. The minimum Gasteiger partial charge on any atom is -0.478 e. The first kappa shape index (κ1) is 27.0. The summed E-state index contributed by atoms with van der Waals surface area (Å²) in [7, 11) is 0. The number of carboxylic acid groups (broad SMARTS) is 1. The Bertz CT molecular complexity index is 1580. The summed E-state index contributed by atoms with van der Waals surface area (Å²) in [6.07, 6.45) is 1.30. The van der Waals surface area contributed by atoms with E-state index in [1.165, 1.54) is 22.2 Å². The first-order chi connectivity index (χ1) is 17.9. The highest BCUT2D eigenvalue weighted by Crippen LogP contribution is 2.29. The lowest BCUT2D eigenvalue weighted by Crippen LogP contribution is -2.29. The van der Waals surface area contributed by atoms with E-state index in [1.807, 2.05) is 6.07 Å². The van der Waals surface area contributed by atoms with Crippen LogP contribution in [0.1, 0.15) is 51.2 Å². The van der Waals surface area contributed by atoms with E-state index in [2.05, 4.69) is 10.4 Å². The standard InChI is InChI=1S/C27H25ClN4O5S/c1-27(2,3)26(37)32-23(29-13-17-9-10-22(28)38-17)12-20(30-32)19-14-31(24(34)11-18(19)25(35)36)15-21(33)16-7-5-4-6-8-16/h4-12,14,29H,13,15H2,1-3H3,(H,35,36). The van der Waals surface area contributed by atoms with Gasteiger partial charge in [-0.2, -0.15) is 9.78 Å². The normalized spacial score (nSPS) is 11.4. The van der Waals surface area contributed by atoms with Gasteiger partial charge in [-0.15, -0.1) is 11.3 Å². The summed E-state index contributed by atoms with van der Waals surface area (Å²) in [5, 5.41) is 17.4. The Balaban J connectivity index is 1.78. The molecule has 196 valence electrons. The van der Waals surface area contributed by atoms with Crippen molar-refractivity contribution in [2.45, 2.75) is 33.9 Å². The molecule has 0 saturated carbocycles. The summed E-state index contributed by atoms with van der Waals surface area (Å²) in [5.41, 5.74) is -1.05. The molecule has 9 nitrogen and oxygen atoms in total. The first-order valence-corrected chi connectivity index (χ1v) is 12.8. The number of hydrogen-bond acceptors (Lipinski definition) is 7. The molecule has 0 bridgehead atoms. The Morgan fingerprint density at radius 2 is 1.79 bits per heavy atom. The summed E-state index contributed by atoms with van der Waals surface area (Å²) >= 11 is 7.41. The van der Waals surface area contributed by atoms with Gasteiger partial charge in [0.2, 0.25) is 0 Å². The molecule has 0 amide bonds. The van der Waals surface area contributed by atoms with Gasteiger partial charge >= 0.3 is 5.97 Å². The molecule has 0 spiro atoms. The molecule has 0 aliphatic rings. The summed E-state index contributed by atoms with van der Waals surface area (Å²) in [6, 6.07) is 14.6. The number of hydrogen-bond donors (Lipinski definition) is 2. The Labute approximate surface area is 227 Å². The van der Waals surface area contributed by atoms with Crippen molar-refractivity contribution in [1.82, 2.24) is 14.3 Å². The van der Waals surface area contributed by atoms with Crippen LogP contribution in [0.25, 0.3) is 11.3 Å². The maximum absolute atomic E-state index is 13.2. The number of ketones is 1. The topological polar surface area (TPSA) is 123 Å². The van der Waals surface area contributed by atoms with Crippen molar-refractivity contribution in [1.29, 1.82) is 0 Å². The van der Waals surface area contributed by atoms with E-state index in [1.54, 1.807) is 63.2 Å². The Morgan fingerprint density at radius 1 is 1.08 bits per heavy atom. The molecule has 2 N–H and O–H groups in total. The average Bonchev–Trinajstić information content (AvgIpc) is 3.48. The summed E-state index contributed by atoms with van der Waals surface area (Å²) in [5.74, 6) is -1.62. The number of aromatic nitrogens is 3. The number of halogens is 1. The van der Waals surface area contributed by atoms with Crippen LogP contribution in [0.2, 0.25) is 4.34 Å². The number of carboxylic acids is 1. The van der Waals surface area contributed by atoms with Crippen molar-refractivity contribution in [2.24, 2.45) is 5.41 Å². The number of pyridine rings is 1. The average molecular weight is 553 g/mol. The Kier molecular flexibility index (Phi) is 7.66. The van der Waals surface area contributed by atoms with Crippen molar-refractivity contribution >= 4 is 46.4 Å². The number of nitrogens with one attached hydrogen (secondary N) is 1. The zero-order chi connectivity index (χ0) is 27.6. The maximum atomic E-state index is 13.2. The first-order valence-electron chi connectivity index (χ1n) is 11.6. The predicted molar refractivity (Wildman–Crippen MR) is 146 cm³/mol. The van der Waals surface area contributed by atoms with E-state index in [9.17, 15) is 24.3 Å². The monoisotopic (exact) mass is 552 g/mol. The van der Waals surface area contributed by atoms with Crippen molar-refractivity contribution in [2.75, 3.05) is 5.32 Å². The molecule has 0 fully saturated rings. The minimum absolute atomic E-state index is 0.0978. The van der Waals surface area contributed by atoms with Crippen molar-refractivity contribution in [3.8, 4) is 11.3 Å². The van der Waals surface area contributed by atoms with Gasteiger partial charge in [-0.1, -0.05) is 62.7 Å². The van der Waals surface area contributed by atoms with Crippen LogP contribution in [0.5, 0.6) is 0 Å². The SMILES string of the molecule is CC(C)(C)C(=O)n1nc(-c2cn(CC(=O)c3ccccc3)c(=O)cc2C(=O)O)cc1NCc1ccc(Cl)s1. The molecule has 4 aromatic rings. The number of benzene rings is 1. The molecule has 0 unspecified atom stereocenters. The molecule has 0 radical (unpaired) electrons. The largest absolute Gasteiger partial charge is 0.478 e. The van der Waals surface area contributed by atoms with Gasteiger partial charge < -0.3 is 15.0 Å². The summed E-state index contributed by atoms with van der Waals surface area (Å²) < 4.78 is 2.96. The zero-order valence-electron chi connectivity index (χ0n) is 20.9. The van der Waals surface area contributed by atoms with E-state index in [-0.39, 0.29) is 35.1 Å². The van der Waals surface area contributed by atoms with Crippen LogP contribution >= 0.6 is 22.9 Å². The summed E-state index contributed by atoms with van der Waals surface area (Å²) in [6.45, 7) is 5.31. The van der Waals surface area contributed by atoms with E-state index in [0.717, 1.165) is 15.5 Å². The number of aromatic carboxylic acids is 1. The number of carbonyl (C=O) groups excluding carboxylic acids is 2. The minimum atomic E-state index is -1.34. The maximum Gasteiger partial charge on any atom is 0.336 e. The molecule has 0 aliphatic carbocycles. The van der Waals surface area contributed by atoms with E-state index >= 15 is 0 Å².